The van der Waals surface area contributed by atoms with Crippen LogP contribution < -0.4 is 15.4 Å². The quantitative estimate of drug-likeness (QED) is 0.624. The Balaban J connectivity index is 1.66. The molecule has 2 heterocycles. The van der Waals surface area contributed by atoms with Gasteiger partial charge in [-0.25, -0.2) is 0 Å². The molecule has 1 fully saturated rings. The second-order valence-electron chi connectivity index (χ2n) is 8.99. The number of amides is 2. The number of ether oxygens (including phenoxy) is 1. The van der Waals surface area contributed by atoms with Crippen LogP contribution in [-0.2, 0) is 9.59 Å². The molecule has 0 bridgehead atoms. The van der Waals surface area contributed by atoms with E-state index < -0.39 is 41.9 Å². The van der Waals surface area contributed by atoms with Crippen LogP contribution in [0.25, 0.3) is 0 Å². The van der Waals surface area contributed by atoms with Crippen LogP contribution >= 0.6 is 0 Å². The third-order valence-corrected chi connectivity index (χ3v) is 6.41. The normalized spacial score (nSPS) is 22.6. The first kappa shape index (κ1) is 23.1. The fraction of sp³-hybridized carbons (Fsp3) is 0.440. The molecule has 2 amide bonds. The summed E-state index contributed by atoms with van der Waals surface area (Å²) in [4.78, 5) is 26.1. The lowest BCUT2D eigenvalue weighted by Gasteiger charge is -2.37. The summed E-state index contributed by atoms with van der Waals surface area (Å²) in [5.41, 5.74) is 3.45. The van der Waals surface area contributed by atoms with Crippen molar-refractivity contribution in [2.75, 3.05) is 0 Å². The topological polar surface area (TPSA) is 67.4 Å². The van der Waals surface area contributed by atoms with Gasteiger partial charge in [0.25, 0.3) is 0 Å². The maximum atomic E-state index is 13.4. The van der Waals surface area contributed by atoms with Crippen LogP contribution in [0.4, 0.5) is 13.2 Å². The van der Waals surface area contributed by atoms with Crippen molar-refractivity contribution in [3.05, 3.63) is 58.7 Å². The second kappa shape index (κ2) is 8.72. The average molecular weight is 460 g/mol. The number of fused-ring (bicyclic) bond motifs is 2. The summed E-state index contributed by atoms with van der Waals surface area (Å²) in [7, 11) is 0. The molecule has 2 aliphatic rings. The Bertz CT molecular complexity index is 1030. The van der Waals surface area contributed by atoms with Crippen LogP contribution in [-0.4, -0.2) is 24.0 Å². The van der Waals surface area contributed by atoms with Crippen molar-refractivity contribution in [1.29, 1.82) is 0 Å². The van der Waals surface area contributed by atoms with E-state index in [0.29, 0.717) is 24.3 Å². The molecule has 1 saturated heterocycles. The highest BCUT2D eigenvalue weighted by atomic mass is 19.4. The highest BCUT2D eigenvalue weighted by Crippen LogP contribution is 2.44. The van der Waals surface area contributed by atoms with Crippen molar-refractivity contribution in [1.82, 2.24) is 10.6 Å². The summed E-state index contributed by atoms with van der Waals surface area (Å²) >= 11 is 0. The van der Waals surface area contributed by atoms with E-state index in [0.717, 1.165) is 22.3 Å². The number of halogens is 3. The van der Waals surface area contributed by atoms with Crippen LogP contribution in [0.2, 0.25) is 0 Å². The molecule has 176 valence electrons. The van der Waals surface area contributed by atoms with Gasteiger partial charge in [0.05, 0.1) is 6.04 Å². The Labute approximate surface area is 190 Å². The number of hydrogen-bond donors (Lipinski definition) is 2. The van der Waals surface area contributed by atoms with E-state index in [4.69, 9.17) is 4.74 Å². The molecule has 2 N–H and O–H groups in total. The minimum absolute atomic E-state index is 0.305. The van der Waals surface area contributed by atoms with Gasteiger partial charge in [0.15, 0.2) is 0 Å². The number of rotatable bonds is 4. The van der Waals surface area contributed by atoms with Crippen molar-refractivity contribution in [3.63, 3.8) is 0 Å². The zero-order chi connectivity index (χ0) is 23.9. The van der Waals surface area contributed by atoms with Crippen molar-refractivity contribution >= 4 is 11.8 Å². The van der Waals surface area contributed by atoms with Crippen LogP contribution in [0.3, 0.4) is 0 Å². The highest BCUT2D eigenvalue weighted by molar-refractivity contribution is 6.01. The van der Waals surface area contributed by atoms with Gasteiger partial charge < -0.3 is 15.4 Å². The molecule has 2 aromatic rings. The number of aryl methyl sites for hydroxylation is 2. The fourth-order valence-electron chi connectivity index (χ4n) is 4.79. The molecule has 33 heavy (non-hydrogen) atoms. The molecule has 0 spiro atoms. The third-order valence-electron chi connectivity index (χ3n) is 6.41. The maximum Gasteiger partial charge on any atom is 0.408 e. The zero-order valence-electron chi connectivity index (χ0n) is 18.8. The standard InChI is InChI=1S/C25H27F3N2O3/c1-4-5-15-12-20(25(26,27)28)29-23(31)21(15)24(32)30-22-16-8-6-13(2)10-18(16)33-19-11-14(3)7-9-17(19)22/h6-11,15,20-22H,4-5,12H2,1-3H3,(H,29,31)(H,30,32). The number of piperidine rings is 1. The molecule has 5 nitrogen and oxygen atoms in total. The Morgan fingerprint density at radius 3 is 2.18 bits per heavy atom. The lowest BCUT2D eigenvalue weighted by molar-refractivity contribution is -0.176. The van der Waals surface area contributed by atoms with Crippen LogP contribution in [0.5, 0.6) is 11.5 Å². The second-order valence-corrected chi connectivity index (χ2v) is 8.99. The Morgan fingerprint density at radius 1 is 1.09 bits per heavy atom. The van der Waals surface area contributed by atoms with Gasteiger partial charge in [-0.05, 0) is 55.9 Å². The number of carbonyl (C=O) groups is 2. The fourth-order valence-corrected chi connectivity index (χ4v) is 4.79. The lowest BCUT2D eigenvalue weighted by atomic mass is 9.78. The van der Waals surface area contributed by atoms with Gasteiger partial charge in [0.1, 0.15) is 23.5 Å². The molecule has 0 aromatic heterocycles. The van der Waals surface area contributed by atoms with Crippen molar-refractivity contribution in [2.24, 2.45) is 11.8 Å². The number of nitrogens with one attached hydrogen (secondary N) is 2. The Hall–Kier alpha value is -3.03. The van der Waals surface area contributed by atoms with E-state index in [9.17, 15) is 22.8 Å². The molecule has 2 aliphatic heterocycles. The molecule has 3 atom stereocenters. The number of alkyl halides is 3. The monoisotopic (exact) mass is 460 g/mol. The van der Waals surface area contributed by atoms with Gasteiger partial charge in [-0.2, -0.15) is 13.2 Å². The molecular weight excluding hydrogens is 433 g/mol. The van der Waals surface area contributed by atoms with E-state index >= 15 is 0 Å². The minimum Gasteiger partial charge on any atom is -0.457 e. The third kappa shape index (κ3) is 4.56. The molecule has 0 aliphatic carbocycles. The van der Waals surface area contributed by atoms with E-state index in [2.05, 4.69) is 5.32 Å². The largest absolute Gasteiger partial charge is 0.457 e. The van der Waals surface area contributed by atoms with E-state index in [1.807, 2.05) is 62.5 Å². The van der Waals surface area contributed by atoms with Crippen molar-refractivity contribution in [3.8, 4) is 11.5 Å². The van der Waals surface area contributed by atoms with Crippen molar-refractivity contribution < 1.29 is 27.5 Å². The molecule has 0 saturated carbocycles. The lowest BCUT2D eigenvalue weighted by Crippen LogP contribution is -2.58. The smallest absolute Gasteiger partial charge is 0.408 e. The van der Waals surface area contributed by atoms with Gasteiger partial charge in [-0.1, -0.05) is 37.6 Å². The predicted octanol–water partition coefficient (Wildman–Crippen LogP) is 5.10. The summed E-state index contributed by atoms with van der Waals surface area (Å²) in [6, 6.07) is 8.78. The zero-order valence-corrected chi connectivity index (χ0v) is 18.8. The number of hydrogen-bond acceptors (Lipinski definition) is 3. The van der Waals surface area contributed by atoms with E-state index in [1.54, 1.807) is 0 Å². The first-order chi connectivity index (χ1) is 15.6. The molecule has 2 aromatic carbocycles. The van der Waals surface area contributed by atoms with Gasteiger partial charge in [0, 0.05) is 11.1 Å². The molecule has 3 unspecified atom stereocenters. The minimum atomic E-state index is -4.54. The maximum absolute atomic E-state index is 13.4. The van der Waals surface area contributed by atoms with Gasteiger partial charge in [-0.3, -0.25) is 9.59 Å². The SMILES string of the molecule is CCCC1CC(C(F)(F)F)NC(=O)C1C(=O)NC1c2ccc(C)cc2Oc2cc(C)ccc21. The molecule has 8 heteroatoms. The van der Waals surface area contributed by atoms with Gasteiger partial charge in [-0.15, -0.1) is 0 Å². The molecule has 0 radical (unpaired) electrons. The summed E-state index contributed by atoms with van der Waals surface area (Å²) in [6.45, 7) is 5.70. The van der Waals surface area contributed by atoms with Crippen molar-refractivity contribution in [2.45, 2.75) is 58.3 Å². The molecule has 4 rings (SSSR count). The van der Waals surface area contributed by atoms with Crippen LogP contribution in [0, 0.1) is 25.7 Å². The first-order valence-corrected chi connectivity index (χ1v) is 11.1. The average Bonchev–Trinajstić information content (AvgIpc) is 2.72. The number of carbonyl (C=O) groups excluding carboxylic acids is 2. The van der Waals surface area contributed by atoms with Gasteiger partial charge >= 0.3 is 6.18 Å². The summed E-state index contributed by atoms with van der Waals surface area (Å²) in [5, 5.41) is 4.97. The van der Waals surface area contributed by atoms with E-state index in [-0.39, 0.29) is 6.42 Å². The summed E-state index contributed by atoms with van der Waals surface area (Å²) < 4.78 is 46.0. The molecular formula is C25H27F3N2O3. The predicted molar refractivity (Wildman–Crippen MR) is 117 cm³/mol. The summed E-state index contributed by atoms with van der Waals surface area (Å²) in [5.74, 6) is -2.11. The van der Waals surface area contributed by atoms with E-state index in [1.165, 1.54) is 0 Å². The van der Waals surface area contributed by atoms with Gasteiger partial charge in [0.2, 0.25) is 11.8 Å². The Kier molecular flexibility index (Phi) is 6.12. The summed E-state index contributed by atoms with van der Waals surface area (Å²) in [6.07, 6.45) is -3.91. The van der Waals surface area contributed by atoms with Crippen LogP contribution in [0.15, 0.2) is 36.4 Å². The van der Waals surface area contributed by atoms with Crippen LogP contribution in [0.1, 0.15) is 54.5 Å². The Morgan fingerprint density at radius 2 is 1.67 bits per heavy atom. The number of benzene rings is 2. The highest BCUT2D eigenvalue weighted by Gasteiger charge is 2.50. The first-order valence-electron chi connectivity index (χ1n) is 11.1.